The lowest BCUT2D eigenvalue weighted by Crippen LogP contribution is -2.44. The molecule has 0 aliphatic carbocycles. The van der Waals surface area contributed by atoms with Crippen LogP contribution in [0.2, 0.25) is 5.02 Å². The van der Waals surface area contributed by atoms with Crippen molar-refractivity contribution < 1.29 is 4.79 Å². The summed E-state index contributed by atoms with van der Waals surface area (Å²) in [5.74, 6) is 1.37. The molecular formula is C18H22ClN5O. The second-order valence-electron chi connectivity index (χ2n) is 6.09. The van der Waals surface area contributed by atoms with Gasteiger partial charge in [-0.2, -0.15) is 4.98 Å². The normalized spacial score (nSPS) is 14.1. The molecule has 2 heterocycles. The predicted octanol–water partition coefficient (Wildman–Crippen LogP) is 3.94. The summed E-state index contributed by atoms with van der Waals surface area (Å²) in [5, 5.41) is 3.96. The molecule has 0 unspecified atom stereocenters. The first-order valence-corrected chi connectivity index (χ1v) is 8.61. The van der Waals surface area contributed by atoms with E-state index in [9.17, 15) is 4.79 Å². The minimum absolute atomic E-state index is 0.146. The fourth-order valence-electron chi connectivity index (χ4n) is 2.89. The Morgan fingerprint density at radius 3 is 2.56 bits per heavy atom. The van der Waals surface area contributed by atoms with Gasteiger partial charge in [-0.15, -0.1) is 0 Å². The Bertz CT molecular complexity index is 812. The number of hydrogen-bond acceptors (Lipinski definition) is 3. The molecule has 0 spiro atoms. The minimum Gasteiger partial charge on any atom is -0.356 e. The maximum atomic E-state index is 12.8. The predicted molar refractivity (Wildman–Crippen MR) is 102 cm³/mol. The maximum Gasteiger partial charge on any atom is 0.330 e. The van der Waals surface area contributed by atoms with Crippen LogP contribution in [0.15, 0.2) is 30.8 Å². The van der Waals surface area contributed by atoms with Crippen LogP contribution < -0.4 is 10.2 Å². The summed E-state index contributed by atoms with van der Waals surface area (Å²) in [7, 11) is 3.66. The van der Waals surface area contributed by atoms with Crippen molar-refractivity contribution in [1.82, 2.24) is 14.5 Å². The first-order chi connectivity index (χ1) is 11.9. The fraction of sp³-hybridized carbons (Fsp3) is 0.333. The number of fused-ring (bicyclic) bond motifs is 1. The van der Waals surface area contributed by atoms with E-state index in [0.29, 0.717) is 23.1 Å². The van der Waals surface area contributed by atoms with Gasteiger partial charge in [-0.05, 0) is 24.1 Å². The van der Waals surface area contributed by atoms with E-state index in [1.54, 1.807) is 16.8 Å². The summed E-state index contributed by atoms with van der Waals surface area (Å²) >= 11 is 5.94. The number of nitrogens with zero attached hydrogens (tertiary/aromatic N) is 4. The summed E-state index contributed by atoms with van der Waals surface area (Å²) in [6.45, 7) is 7.50. The number of carbonyl (C=O) groups is 1. The smallest absolute Gasteiger partial charge is 0.330 e. The molecule has 25 heavy (non-hydrogen) atoms. The highest BCUT2D eigenvalue weighted by atomic mass is 35.5. The van der Waals surface area contributed by atoms with Crippen LogP contribution in [-0.2, 0) is 13.6 Å². The van der Waals surface area contributed by atoms with Crippen LogP contribution in [0.1, 0.15) is 24.6 Å². The molecule has 7 heteroatoms. The number of aromatic nitrogens is 2. The van der Waals surface area contributed by atoms with Crippen LogP contribution in [0.25, 0.3) is 5.70 Å². The zero-order valence-corrected chi connectivity index (χ0v) is 15.5. The van der Waals surface area contributed by atoms with E-state index in [0.717, 1.165) is 30.2 Å². The topological polar surface area (TPSA) is 53.4 Å². The van der Waals surface area contributed by atoms with Gasteiger partial charge in [0.2, 0.25) is 5.95 Å². The summed E-state index contributed by atoms with van der Waals surface area (Å²) in [5.41, 5.74) is 2.48. The molecular weight excluding hydrogens is 338 g/mol. The highest BCUT2D eigenvalue weighted by Crippen LogP contribution is 2.36. The zero-order valence-electron chi connectivity index (χ0n) is 14.7. The second-order valence-corrected chi connectivity index (χ2v) is 6.53. The lowest BCUT2D eigenvalue weighted by molar-refractivity contribution is 0.222. The van der Waals surface area contributed by atoms with Crippen molar-refractivity contribution in [2.24, 2.45) is 7.05 Å². The van der Waals surface area contributed by atoms with Crippen LogP contribution in [-0.4, -0.2) is 34.1 Å². The van der Waals surface area contributed by atoms with E-state index in [-0.39, 0.29) is 6.03 Å². The number of nitrogens with one attached hydrogen (secondary N) is 1. The van der Waals surface area contributed by atoms with Crippen LogP contribution in [0.3, 0.4) is 0 Å². The van der Waals surface area contributed by atoms with Gasteiger partial charge in [0.05, 0.1) is 12.2 Å². The molecule has 0 atom stereocenters. The van der Waals surface area contributed by atoms with Gasteiger partial charge in [0.15, 0.2) is 5.82 Å². The van der Waals surface area contributed by atoms with Crippen molar-refractivity contribution in [2.45, 2.75) is 19.9 Å². The van der Waals surface area contributed by atoms with Crippen molar-refractivity contribution >= 4 is 35.1 Å². The molecule has 1 aliphatic rings. The standard InChI is InChI=1S/C18H22ClN5O/c1-5-10-20-17-21-16-15(22(17)3)12(2)24(18(25)23(16)4)11-13-6-8-14(19)9-7-13/h6-9H,2,5,10-11H2,1,3-4H3,(H,20,21). The van der Waals surface area contributed by atoms with Crippen molar-refractivity contribution in [2.75, 3.05) is 23.8 Å². The zero-order chi connectivity index (χ0) is 18.1. The van der Waals surface area contributed by atoms with Gasteiger partial charge in [0, 0.05) is 25.7 Å². The minimum atomic E-state index is -0.146. The Hall–Kier alpha value is -2.47. The van der Waals surface area contributed by atoms with Gasteiger partial charge < -0.3 is 9.88 Å². The number of benzene rings is 1. The van der Waals surface area contributed by atoms with Crippen molar-refractivity contribution in [1.29, 1.82) is 0 Å². The monoisotopic (exact) mass is 359 g/mol. The highest BCUT2D eigenvalue weighted by molar-refractivity contribution is 6.30. The van der Waals surface area contributed by atoms with E-state index < -0.39 is 0 Å². The number of halogens is 1. The molecule has 2 amide bonds. The van der Waals surface area contributed by atoms with Crippen LogP contribution in [0, 0.1) is 0 Å². The molecule has 1 aromatic heterocycles. The van der Waals surface area contributed by atoms with E-state index >= 15 is 0 Å². The molecule has 132 valence electrons. The lowest BCUT2D eigenvalue weighted by atomic mass is 10.1. The van der Waals surface area contributed by atoms with E-state index in [1.165, 1.54) is 0 Å². The molecule has 1 aliphatic heterocycles. The average molecular weight is 360 g/mol. The molecule has 3 rings (SSSR count). The van der Waals surface area contributed by atoms with Gasteiger partial charge in [-0.3, -0.25) is 9.80 Å². The maximum absolute atomic E-state index is 12.8. The number of urea groups is 1. The molecule has 6 nitrogen and oxygen atoms in total. The summed E-state index contributed by atoms with van der Waals surface area (Å²) in [4.78, 5) is 20.6. The Labute approximate surface area is 152 Å². The van der Waals surface area contributed by atoms with E-state index in [4.69, 9.17) is 11.6 Å². The van der Waals surface area contributed by atoms with Crippen molar-refractivity contribution in [3.05, 3.63) is 47.1 Å². The molecule has 0 saturated heterocycles. The highest BCUT2D eigenvalue weighted by Gasteiger charge is 2.35. The number of rotatable bonds is 5. The van der Waals surface area contributed by atoms with Crippen LogP contribution >= 0.6 is 11.6 Å². The first kappa shape index (κ1) is 17.4. The summed E-state index contributed by atoms with van der Waals surface area (Å²) < 4.78 is 1.95. The van der Waals surface area contributed by atoms with Crippen molar-refractivity contribution in [3.8, 4) is 0 Å². The fourth-order valence-corrected chi connectivity index (χ4v) is 3.01. The number of amides is 2. The third-order valence-electron chi connectivity index (χ3n) is 4.30. The number of hydrogen-bond donors (Lipinski definition) is 1. The number of carbonyl (C=O) groups excluding carboxylic acids is 1. The first-order valence-electron chi connectivity index (χ1n) is 8.23. The summed E-state index contributed by atoms with van der Waals surface area (Å²) in [6, 6.07) is 7.32. The quantitative estimate of drug-likeness (QED) is 0.879. The van der Waals surface area contributed by atoms with Gasteiger partial charge in [-0.1, -0.05) is 37.2 Å². The third kappa shape index (κ3) is 3.09. The Balaban J connectivity index is 1.94. The van der Waals surface area contributed by atoms with Gasteiger partial charge in [-0.25, -0.2) is 4.79 Å². The SMILES string of the molecule is C=C1c2c(nc(NCCC)n2C)N(C)C(=O)N1Cc1ccc(Cl)cc1. The number of imidazole rings is 1. The molecule has 0 radical (unpaired) electrons. The Morgan fingerprint density at radius 2 is 1.92 bits per heavy atom. The number of anilines is 2. The molecule has 0 fully saturated rings. The van der Waals surface area contributed by atoms with Crippen LogP contribution in [0.4, 0.5) is 16.6 Å². The van der Waals surface area contributed by atoms with Gasteiger partial charge in [0.1, 0.15) is 5.69 Å². The summed E-state index contributed by atoms with van der Waals surface area (Å²) in [6.07, 6.45) is 0.996. The Kier molecular flexibility index (Phi) is 4.72. The lowest BCUT2D eigenvalue weighted by Gasteiger charge is -2.34. The van der Waals surface area contributed by atoms with Gasteiger partial charge >= 0.3 is 6.03 Å². The second kappa shape index (κ2) is 6.80. The molecule has 1 aromatic carbocycles. The van der Waals surface area contributed by atoms with E-state index in [1.807, 2.05) is 35.9 Å². The molecule has 0 bridgehead atoms. The van der Waals surface area contributed by atoms with Gasteiger partial charge in [0.25, 0.3) is 0 Å². The molecule has 1 N–H and O–H groups in total. The Morgan fingerprint density at radius 1 is 1.24 bits per heavy atom. The molecule has 2 aromatic rings. The van der Waals surface area contributed by atoms with Crippen molar-refractivity contribution in [3.63, 3.8) is 0 Å². The average Bonchev–Trinajstić information content (AvgIpc) is 2.93. The third-order valence-corrected chi connectivity index (χ3v) is 4.55. The van der Waals surface area contributed by atoms with Crippen LogP contribution in [0.5, 0.6) is 0 Å². The molecule has 0 saturated carbocycles. The largest absolute Gasteiger partial charge is 0.356 e. The van der Waals surface area contributed by atoms with E-state index in [2.05, 4.69) is 23.8 Å².